The lowest BCUT2D eigenvalue weighted by atomic mass is 9.81. The second kappa shape index (κ2) is 6.69. The van der Waals surface area contributed by atoms with E-state index in [4.69, 9.17) is 21.1 Å². The maximum atomic E-state index is 13.3. The fourth-order valence-electron chi connectivity index (χ4n) is 2.87. The molecule has 0 spiro atoms. The Hall–Kier alpha value is -2.27. The summed E-state index contributed by atoms with van der Waals surface area (Å²) >= 11 is 0. The van der Waals surface area contributed by atoms with Crippen molar-refractivity contribution >= 4 is 0 Å². The average Bonchev–Trinajstić information content (AvgIpc) is 2.96. The largest absolute Gasteiger partial charge is 0.493 e. The summed E-state index contributed by atoms with van der Waals surface area (Å²) in [5, 5.41) is 2.75. The van der Waals surface area contributed by atoms with Crippen LogP contribution >= 0.6 is 0 Å². The highest BCUT2D eigenvalue weighted by Gasteiger charge is 2.27. The zero-order chi connectivity index (χ0) is 20.9. The summed E-state index contributed by atoms with van der Waals surface area (Å²) in [6.07, 6.45) is 0.499. The van der Waals surface area contributed by atoms with Crippen molar-refractivity contribution in [3.8, 4) is 17.2 Å². The highest BCUT2D eigenvalue weighted by molar-refractivity contribution is 5.46. The quantitative estimate of drug-likeness (QED) is 0.931. The molecule has 2 aliphatic rings. The predicted molar refractivity (Wildman–Crippen MR) is 88.2 cm³/mol. The van der Waals surface area contributed by atoms with Gasteiger partial charge in [0.05, 0.1) is 6.61 Å². The maximum Gasteiger partial charge on any atom is 0.231 e. The first-order chi connectivity index (χ1) is 13.6. The number of hydrogen-bond acceptors (Lipinski definition) is 4. The molecule has 1 fully saturated rings. The molecule has 1 N–H and O–H groups in total. The molecule has 2 aromatic rings. The van der Waals surface area contributed by atoms with Crippen LogP contribution in [0.25, 0.3) is 0 Å². The van der Waals surface area contributed by atoms with E-state index in [1.165, 1.54) is 24.3 Å². The fraction of sp³-hybridized carbons (Fsp3) is 0.368. The predicted octanol–water partition coefficient (Wildman–Crippen LogP) is 3.33. The number of halogens is 1. The van der Waals surface area contributed by atoms with Crippen LogP contribution in [-0.4, -0.2) is 26.4 Å². The normalized spacial score (nSPS) is 32.7. The molecule has 2 heterocycles. The summed E-state index contributed by atoms with van der Waals surface area (Å²) in [5.41, 5.74) is 0.675. The Kier molecular flexibility index (Phi) is 2.95. The monoisotopic (exact) mass is 334 g/mol. The van der Waals surface area contributed by atoms with Crippen LogP contribution in [0.4, 0.5) is 4.39 Å². The Morgan fingerprint density at radius 2 is 2.04 bits per heavy atom. The van der Waals surface area contributed by atoms with Crippen LogP contribution in [0.15, 0.2) is 42.5 Å². The molecule has 1 saturated heterocycles. The Bertz CT molecular complexity index is 911. The molecule has 2 aromatic carbocycles. The zero-order valence-corrected chi connectivity index (χ0v) is 12.8. The van der Waals surface area contributed by atoms with Crippen molar-refractivity contribution < 1.29 is 25.5 Å². The van der Waals surface area contributed by atoms with E-state index in [2.05, 4.69) is 5.32 Å². The molecule has 0 aromatic heterocycles. The van der Waals surface area contributed by atoms with Gasteiger partial charge in [0, 0.05) is 22.6 Å². The van der Waals surface area contributed by atoms with Crippen LogP contribution in [0.2, 0.25) is 0 Å². The van der Waals surface area contributed by atoms with Crippen molar-refractivity contribution in [1.82, 2.24) is 5.32 Å². The fourth-order valence-corrected chi connectivity index (χ4v) is 2.87. The van der Waals surface area contributed by atoms with Gasteiger partial charge in [0.1, 0.15) is 14.3 Å². The van der Waals surface area contributed by atoms with Crippen LogP contribution in [0.5, 0.6) is 17.2 Å². The van der Waals surface area contributed by atoms with E-state index in [0.29, 0.717) is 24.3 Å². The van der Waals surface area contributed by atoms with Gasteiger partial charge in [0.2, 0.25) is 6.75 Å². The molecular weight excluding hydrogens is 309 g/mol. The van der Waals surface area contributed by atoms with Gasteiger partial charge in [-0.3, -0.25) is 0 Å². The summed E-state index contributed by atoms with van der Waals surface area (Å²) in [6.45, 7) is -4.19. The standard InChI is InChI=1S/C19H20FNO3/c20-15-3-1-13(2-4-15)17-7-8-21-10-14(17)11-22-16-5-6-18-19(9-16)24-12-23-18/h1-6,9,14,17,21H,7-8,10-12H2/t14?,17-/m0/s1/i10D2,12D2,14D. The van der Waals surface area contributed by atoms with Crippen LogP contribution in [0, 0.1) is 11.7 Å². The van der Waals surface area contributed by atoms with Crippen molar-refractivity contribution in [3.63, 3.8) is 0 Å². The van der Waals surface area contributed by atoms with E-state index in [9.17, 15) is 4.39 Å². The van der Waals surface area contributed by atoms with Gasteiger partial charge < -0.3 is 19.5 Å². The van der Waals surface area contributed by atoms with E-state index in [0.717, 1.165) is 0 Å². The van der Waals surface area contributed by atoms with E-state index in [1.54, 1.807) is 18.2 Å². The zero-order valence-electron chi connectivity index (χ0n) is 17.8. The van der Waals surface area contributed by atoms with E-state index >= 15 is 0 Å². The summed E-state index contributed by atoms with van der Waals surface area (Å²) in [7, 11) is 0. The number of fused-ring (bicyclic) bond motifs is 1. The van der Waals surface area contributed by atoms with Crippen LogP contribution < -0.4 is 19.5 Å². The first-order valence-electron chi connectivity index (χ1n) is 10.3. The van der Waals surface area contributed by atoms with E-state index in [-0.39, 0.29) is 18.1 Å². The van der Waals surface area contributed by atoms with Crippen molar-refractivity contribution in [2.75, 3.05) is 26.4 Å². The molecule has 0 amide bonds. The summed E-state index contributed by atoms with van der Waals surface area (Å²) in [5.74, 6) is -1.88. The van der Waals surface area contributed by atoms with Crippen molar-refractivity contribution in [3.05, 3.63) is 53.8 Å². The number of ether oxygens (including phenoxy) is 3. The minimum Gasteiger partial charge on any atom is -0.493 e. The summed E-state index contributed by atoms with van der Waals surface area (Å²) < 4.78 is 69.8. The lowest BCUT2D eigenvalue weighted by Crippen LogP contribution is -2.38. The van der Waals surface area contributed by atoms with Crippen LogP contribution in [0.1, 0.15) is 24.8 Å². The third kappa shape index (κ3) is 3.17. The molecule has 0 radical (unpaired) electrons. The lowest BCUT2D eigenvalue weighted by molar-refractivity contribution is 0.173. The van der Waals surface area contributed by atoms with Gasteiger partial charge in [-0.05, 0) is 48.7 Å². The van der Waals surface area contributed by atoms with Gasteiger partial charge >= 0.3 is 0 Å². The van der Waals surface area contributed by atoms with Crippen LogP contribution in [0.3, 0.4) is 0 Å². The van der Waals surface area contributed by atoms with Crippen molar-refractivity contribution in [2.45, 2.75) is 12.3 Å². The smallest absolute Gasteiger partial charge is 0.231 e. The summed E-state index contributed by atoms with van der Waals surface area (Å²) in [6, 6.07) is 10.3. The number of benzene rings is 2. The molecule has 24 heavy (non-hydrogen) atoms. The van der Waals surface area contributed by atoms with Gasteiger partial charge in [-0.1, -0.05) is 12.1 Å². The molecular formula is C19H20FNO3. The molecule has 0 saturated carbocycles. The maximum absolute atomic E-state index is 13.3. The minimum absolute atomic E-state index is 0.173. The van der Waals surface area contributed by atoms with Gasteiger partial charge in [-0.25, -0.2) is 4.39 Å². The van der Waals surface area contributed by atoms with Gasteiger partial charge in [0.25, 0.3) is 0 Å². The number of nitrogens with one attached hydrogen (secondary N) is 1. The highest BCUT2D eigenvalue weighted by atomic mass is 19.1. The Balaban J connectivity index is 1.58. The second-order valence-corrected chi connectivity index (χ2v) is 5.65. The average molecular weight is 334 g/mol. The molecule has 0 aliphatic carbocycles. The highest BCUT2D eigenvalue weighted by Crippen LogP contribution is 2.36. The van der Waals surface area contributed by atoms with Gasteiger partial charge in [0.15, 0.2) is 11.5 Å². The molecule has 126 valence electrons. The third-order valence-corrected chi connectivity index (χ3v) is 4.11. The molecule has 2 aliphatic heterocycles. The minimum atomic E-state index is -2.25. The molecule has 0 bridgehead atoms. The lowest BCUT2D eigenvalue weighted by Gasteiger charge is -2.32. The first-order valence-corrected chi connectivity index (χ1v) is 7.75. The third-order valence-electron chi connectivity index (χ3n) is 4.11. The Morgan fingerprint density at radius 3 is 2.92 bits per heavy atom. The summed E-state index contributed by atoms with van der Waals surface area (Å²) in [4.78, 5) is 0. The Labute approximate surface area is 147 Å². The number of hydrogen-bond donors (Lipinski definition) is 1. The topological polar surface area (TPSA) is 39.7 Å². The molecule has 4 rings (SSSR count). The first kappa shape index (κ1) is 10.6. The Morgan fingerprint density at radius 1 is 1.21 bits per heavy atom. The van der Waals surface area contributed by atoms with Crippen LogP contribution in [-0.2, 0) is 0 Å². The molecule has 5 heteroatoms. The van der Waals surface area contributed by atoms with Gasteiger partial charge in [-0.15, -0.1) is 0 Å². The van der Waals surface area contributed by atoms with Crippen molar-refractivity contribution in [2.24, 2.45) is 5.89 Å². The second-order valence-electron chi connectivity index (χ2n) is 5.65. The molecule has 4 nitrogen and oxygen atoms in total. The molecule has 2 atom stereocenters. The van der Waals surface area contributed by atoms with E-state index < -0.39 is 30.9 Å². The SMILES string of the molecule is [2H]C1([2H])Oc2ccc(OCC3([2H])[C@H](c4ccc(F)cc4)CCNC3([2H])[2H])cc2O1. The van der Waals surface area contributed by atoms with Crippen molar-refractivity contribution in [1.29, 1.82) is 0 Å². The number of piperidine rings is 1. The molecule has 1 unspecified atom stereocenters. The van der Waals surface area contributed by atoms with Gasteiger partial charge in [-0.2, -0.15) is 0 Å². The number of rotatable bonds is 4. The van der Waals surface area contributed by atoms with E-state index in [1.807, 2.05) is 0 Å².